The number of hydrogen-bond donors (Lipinski definition) is 0. The van der Waals surface area contributed by atoms with E-state index in [1.165, 1.54) is 6.07 Å². The number of aryl methyl sites for hydroxylation is 1. The molecule has 0 aliphatic heterocycles. The second-order valence-corrected chi connectivity index (χ2v) is 4.17. The van der Waals surface area contributed by atoms with Gasteiger partial charge in [-0.25, -0.2) is 8.78 Å². The average Bonchev–Trinajstić information content (AvgIpc) is 2.33. The van der Waals surface area contributed by atoms with E-state index in [4.69, 9.17) is 16.3 Å². The van der Waals surface area contributed by atoms with Gasteiger partial charge in [-0.2, -0.15) is 0 Å². The molecule has 4 heteroatoms. The lowest BCUT2D eigenvalue weighted by Gasteiger charge is -2.09. The van der Waals surface area contributed by atoms with E-state index < -0.39 is 11.6 Å². The molecule has 0 unspecified atom stereocenters. The standard InChI is InChI=1S/C14H11ClF2O/c1-9-6-12(4-2-10(9)8-15)18-14-5-3-11(16)7-13(14)17/h2-7H,8H2,1H3. The molecule has 0 heterocycles. The van der Waals surface area contributed by atoms with Crippen LogP contribution in [-0.4, -0.2) is 0 Å². The van der Waals surface area contributed by atoms with Crippen molar-refractivity contribution in [3.05, 3.63) is 59.2 Å². The highest BCUT2D eigenvalue weighted by molar-refractivity contribution is 6.17. The molecule has 0 aliphatic carbocycles. The first-order valence-electron chi connectivity index (χ1n) is 5.38. The Morgan fingerprint density at radius 3 is 2.50 bits per heavy atom. The molecule has 0 amide bonds. The van der Waals surface area contributed by atoms with Crippen LogP contribution in [0, 0.1) is 18.6 Å². The molecule has 0 aliphatic rings. The lowest BCUT2D eigenvalue weighted by molar-refractivity contribution is 0.437. The van der Waals surface area contributed by atoms with Gasteiger partial charge in [0, 0.05) is 11.9 Å². The highest BCUT2D eigenvalue weighted by atomic mass is 35.5. The summed E-state index contributed by atoms with van der Waals surface area (Å²) in [6.45, 7) is 1.89. The molecule has 0 radical (unpaired) electrons. The summed E-state index contributed by atoms with van der Waals surface area (Å²) in [6, 6.07) is 8.48. The van der Waals surface area contributed by atoms with E-state index in [1.54, 1.807) is 12.1 Å². The fraction of sp³-hybridized carbons (Fsp3) is 0.143. The maximum absolute atomic E-state index is 13.4. The second kappa shape index (κ2) is 5.36. The number of hydrogen-bond acceptors (Lipinski definition) is 1. The van der Waals surface area contributed by atoms with E-state index >= 15 is 0 Å². The van der Waals surface area contributed by atoms with Gasteiger partial charge in [0.2, 0.25) is 0 Å². The van der Waals surface area contributed by atoms with E-state index in [1.807, 2.05) is 13.0 Å². The highest BCUT2D eigenvalue weighted by Gasteiger charge is 2.07. The minimum Gasteiger partial charge on any atom is -0.454 e. The molecular weight excluding hydrogens is 258 g/mol. The van der Waals surface area contributed by atoms with Crippen LogP contribution >= 0.6 is 11.6 Å². The van der Waals surface area contributed by atoms with Crippen molar-refractivity contribution in [2.75, 3.05) is 0 Å². The van der Waals surface area contributed by atoms with E-state index in [0.29, 0.717) is 11.6 Å². The summed E-state index contributed by atoms with van der Waals surface area (Å²) < 4.78 is 31.5. The van der Waals surface area contributed by atoms with Crippen molar-refractivity contribution in [2.45, 2.75) is 12.8 Å². The van der Waals surface area contributed by atoms with Crippen LogP contribution in [0.5, 0.6) is 11.5 Å². The first-order chi connectivity index (χ1) is 8.60. The first-order valence-corrected chi connectivity index (χ1v) is 5.92. The predicted octanol–water partition coefficient (Wildman–Crippen LogP) is 4.80. The van der Waals surface area contributed by atoms with Gasteiger partial charge in [0.25, 0.3) is 0 Å². The molecule has 2 aromatic rings. The van der Waals surface area contributed by atoms with Gasteiger partial charge in [0.15, 0.2) is 11.6 Å². The van der Waals surface area contributed by atoms with Crippen molar-refractivity contribution >= 4 is 11.6 Å². The van der Waals surface area contributed by atoms with Crippen LogP contribution in [0.1, 0.15) is 11.1 Å². The van der Waals surface area contributed by atoms with Crippen LogP contribution in [0.15, 0.2) is 36.4 Å². The Labute approximate surface area is 109 Å². The second-order valence-electron chi connectivity index (χ2n) is 3.90. The monoisotopic (exact) mass is 268 g/mol. The molecule has 0 spiro atoms. The molecule has 0 fully saturated rings. The summed E-state index contributed by atoms with van der Waals surface area (Å²) in [4.78, 5) is 0. The van der Waals surface area contributed by atoms with Crippen LogP contribution in [0.3, 0.4) is 0 Å². The Kier molecular flexibility index (Phi) is 3.82. The highest BCUT2D eigenvalue weighted by Crippen LogP contribution is 2.26. The van der Waals surface area contributed by atoms with Crippen LogP contribution in [0.2, 0.25) is 0 Å². The van der Waals surface area contributed by atoms with Gasteiger partial charge in [-0.1, -0.05) is 6.07 Å². The summed E-state index contributed by atoms with van der Waals surface area (Å²) in [5.74, 6) is -0.458. The first kappa shape index (κ1) is 12.8. The molecule has 18 heavy (non-hydrogen) atoms. The summed E-state index contributed by atoms with van der Waals surface area (Å²) in [7, 11) is 0. The zero-order chi connectivity index (χ0) is 13.1. The lowest BCUT2D eigenvalue weighted by atomic mass is 10.1. The maximum Gasteiger partial charge on any atom is 0.168 e. The molecule has 0 N–H and O–H groups in total. The Hall–Kier alpha value is -1.61. The number of alkyl halides is 1. The zero-order valence-electron chi connectivity index (χ0n) is 9.71. The van der Waals surface area contributed by atoms with Crippen molar-refractivity contribution in [3.63, 3.8) is 0 Å². The molecule has 94 valence electrons. The zero-order valence-corrected chi connectivity index (χ0v) is 10.5. The number of halogens is 3. The Morgan fingerprint density at radius 1 is 1.11 bits per heavy atom. The minimum absolute atomic E-state index is 0.00516. The van der Waals surface area contributed by atoms with Gasteiger partial charge < -0.3 is 4.74 Å². The quantitative estimate of drug-likeness (QED) is 0.726. The number of rotatable bonds is 3. The van der Waals surface area contributed by atoms with Gasteiger partial charge in [0.05, 0.1) is 0 Å². The molecule has 0 atom stereocenters. The third kappa shape index (κ3) is 2.79. The summed E-state index contributed by atoms with van der Waals surface area (Å²) >= 11 is 5.74. The summed E-state index contributed by atoms with van der Waals surface area (Å²) in [6.07, 6.45) is 0. The minimum atomic E-state index is -0.728. The van der Waals surface area contributed by atoms with Gasteiger partial charge in [0.1, 0.15) is 11.6 Å². The molecule has 0 saturated heterocycles. The van der Waals surface area contributed by atoms with Crippen LogP contribution < -0.4 is 4.74 Å². The maximum atomic E-state index is 13.4. The fourth-order valence-corrected chi connectivity index (χ4v) is 1.87. The molecule has 0 bridgehead atoms. The van der Waals surface area contributed by atoms with E-state index in [2.05, 4.69) is 0 Å². The van der Waals surface area contributed by atoms with Crippen molar-refractivity contribution in [2.24, 2.45) is 0 Å². The number of benzene rings is 2. The molecule has 2 aromatic carbocycles. The van der Waals surface area contributed by atoms with Crippen LogP contribution in [0.25, 0.3) is 0 Å². The molecular formula is C14H11ClF2O. The van der Waals surface area contributed by atoms with E-state index in [9.17, 15) is 8.78 Å². The van der Waals surface area contributed by atoms with Gasteiger partial charge in [-0.05, 0) is 42.3 Å². The SMILES string of the molecule is Cc1cc(Oc2ccc(F)cc2F)ccc1CCl. The summed E-state index contributed by atoms with van der Waals surface area (Å²) in [5.41, 5.74) is 1.95. The van der Waals surface area contributed by atoms with Crippen LogP contribution in [0.4, 0.5) is 8.78 Å². The van der Waals surface area contributed by atoms with Gasteiger partial charge in [-0.3, -0.25) is 0 Å². The Bertz CT molecular complexity index is 570. The number of ether oxygens (including phenoxy) is 1. The van der Waals surface area contributed by atoms with Crippen molar-refractivity contribution < 1.29 is 13.5 Å². The molecule has 1 nitrogen and oxygen atoms in total. The van der Waals surface area contributed by atoms with Crippen molar-refractivity contribution in [1.82, 2.24) is 0 Å². The molecule has 0 aromatic heterocycles. The van der Waals surface area contributed by atoms with Gasteiger partial charge >= 0.3 is 0 Å². The van der Waals surface area contributed by atoms with Crippen LogP contribution in [-0.2, 0) is 5.88 Å². The smallest absolute Gasteiger partial charge is 0.168 e. The van der Waals surface area contributed by atoms with Crippen molar-refractivity contribution in [1.29, 1.82) is 0 Å². The van der Waals surface area contributed by atoms with E-state index in [0.717, 1.165) is 23.3 Å². The molecule has 2 rings (SSSR count). The lowest BCUT2D eigenvalue weighted by Crippen LogP contribution is -1.91. The average molecular weight is 269 g/mol. The topological polar surface area (TPSA) is 9.23 Å². The van der Waals surface area contributed by atoms with Crippen molar-refractivity contribution in [3.8, 4) is 11.5 Å². The Balaban J connectivity index is 2.26. The third-order valence-electron chi connectivity index (χ3n) is 2.58. The Morgan fingerprint density at radius 2 is 1.89 bits per heavy atom. The molecule has 0 saturated carbocycles. The van der Waals surface area contributed by atoms with Gasteiger partial charge in [-0.15, -0.1) is 11.6 Å². The fourth-order valence-electron chi connectivity index (χ4n) is 1.57. The largest absolute Gasteiger partial charge is 0.454 e. The third-order valence-corrected chi connectivity index (χ3v) is 2.87. The normalized spacial score (nSPS) is 10.4. The predicted molar refractivity (Wildman–Crippen MR) is 67.2 cm³/mol. The summed E-state index contributed by atoms with van der Waals surface area (Å²) in [5, 5.41) is 0. The van der Waals surface area contributed by atoms with E-state index in [-0.39, 0.29) is 5.75 Å².